The molecule has 32 heavy (non-hydrogen) atoms. The molecule has 0 saturated carbocycles. The molecule has 160 valence electrons. The molecule has 0 aliphatic heterocycles. The van der Waals surface area contributed by atoms with Gasteiger partial charge in [0.15, 0.2) is 23.3 Å². The summed E-state index contributed by atoms with van der Waals surface area (Å²) in [7, 11) is -4.27. The maximum absolute atomic E-state index is 13.6. The van der Waals surface area contributed by atoms with E-state index in [0.29, 0.717) is 22.8 Å². The van der Waals surface area contributed by atoms with Gasteiger partial charge >= 0.3 is 0 Å². The third-order valence-electron chi connectivity index (χ3n) is 4.62. The molecule has 3 aromatic carbocycles. The van der Waals surface area contributed by atoms with Gasteiger partial charge in [0.25, 0.3) is 10.0 Å². The SMILES string of the molecule is O=S(=O)(Nc1nc2ccccc2nc1Nc1ccc2nscc2c1)c1ccc(F)c(F)c1. The van der Waals surface area contributed by atoms with Gasteiger partial charge in [0.2, 0.25) is 0 Å². The van der Waals surface area contributed by atoms with Crippen molar-refractivity contribution < 1.29 is 17.2 Å². The molecule has 2 heterocycles. The molecule has 0 aliphatic carbocycles. The lowest BCUT2D eigenvalue weighted by Gasteiger charge is -2.14. The Morgan fingerprint density at radius 3 is 2.31 bits per heavy atom. The molecule has 5 aromatic rings. The van der Waals surface area contributed by atoms with Gasteiger partial charge in [-0.1, -0.05) is 12.1 Å². The smallest absolute Gasteiger partial charge is 0.263 e. The van der Waals surface area contributed by atoms with Gasteiger partial charge in [-0.25, -0.2) is 27.2 Å². The van der Waals surface area contributed by atoms with Gasteiger partial charge in [-0.05, 0) is 60.1 Å². The zero-order valence-corrected chi connectivity index (χ0v) is 17.7. The van der Waals surface area contributed by atoms with E-state index in [1.54, 1.807) is 30.3 Å². The number of halogens is 2. The van der Waals surface area contributed by atoms with E-state index in [9.17, 15) is 17.2 Å². The first-order valence-corrected chi connectivity index (χ1v) is 11.6. The van der Waals surface area contributed by atoms with E-state index in [1.165, 1.54) is 11.5 Å². The van der Waals surface area contributed by atoms with Crippen LogP contribution in [0.5, 0.6) is 0 Å². The van der Waals surface area contributed by atoms with Crippen LogP contribution in [0.25, 0.3) is 21.9 Å². The van der Waals surface area contributed by atoms with Crippen LogP contribution in [0.15, 0.2) is 70.9 Å². The van der Waals surface area contributed by atoms with Crippen molar-refractivity contribution in [1.29, 1.82) is 0 Å². The van der Waals surface area contributed by atoms with Crippen molar-refractivity contribution in [3.8, 4) is 0 Å². The molecule has 2 aromatic heterocycles. The average Bonchev–Trinajstić information content (AvgIpc) is 3.23. The van der Waals surface area contributed by atoms with E-state index in [4.69, 9.17) is 0 Å². The zero-order valence-electron chi connectivity index (χ0n) is 16.1. The summed E-state index contributed by atoms with van der Waals surface area (Å²) in [5, 5.41) is 5.89. The van der Waals surface area contributed by atoms with Crippen LogP contribution in [0.4, 0.5) is 26.1 Å². The molecular formula is C21H13F2N5O2S2. The molecule has 0 fully saturated rings. The molecule has 0 unspecified atom stereocenters. The summed E-state index contributed by atoms with van der Waals surface area (Å²) in [5.74, 6) is -2.35. The third kappa shape index (κ3) is 3.83. The van der Waals surface area contributed by atoms with Gasteiger partial charge < -0.3 is 5.32 Å². The Morgan fingerprint density at radius 1 is 0.812 bits per heavy atom. The van der Waals surface area contributed by atoms with E-state index < -0.39 is 26.6 Å². The highest BCUT2D eigenvalue weighted by Crippen LogP contribution is 2.29. The van der Waals surface area contributed by atoms with Crippen molar-refractivity contribution in [1.82, 2.24) is 14.3 Å². The van der Waals surface area contributed by atoms with Crippen LogP contribution >= 0.6 is 11.5 Å². The standard InChI is InChI=1S/C21H13F2N5O2S2/c22-15-7-6-14(10-16(15)23)32(29,30)28-21-20(25-18-3-1-2-4-19(18)26-21)24-13-5-8-17-12(9-13)11-31-27-17/h1-11H,(H,24,25)(H,26,28). The van der Waals surface area contributed by atoms with E-state index >= 15 is 0 Å². The molecular weight excluding hydrogens is 456 g/mol. The molecule has 5 rings (SSSR count). The summed E-state index contributed by atoms with van der Waals surface area (Å²) >= 11 is 1.33. The number of anilines is 3. The van der Waals surface area contributed by atoms with Gasteiger partial charge in [0, 0.05) is 16.5 Å². The number of aromatic nitrogens is 3. The van der Waals surface area contributed by atoms with Gasteiger partial charge in [0.05, 0.1) is 21.4 Å². The second-order valence-electron chi connectivity index (χ2n) is 6.80. The first-order chi connectivity index (χ1) is 15.4. The Bertz CT molecular complexity index is 1590. The Kier molecular flexibility index (Phi) is 4.91. The van der Waals surface area contributed by atoms with Crippen molar-refractivity contribution in [2.45, 2.75) is 4.90 Å². The number of fused-ring (bicyclic) bond motifs is 2. The Balaban J connectivity index is 1.58. The molecule has 2 N–H and O–H groups in total. The fraction of sp³-hybridized carbons (Fsp3) is 0. The van der Waals surface area contributed by atoms with Crippen LogP contribution in [-0.2, 0) is 10.0 Å². The Morgan fingerprint density at radius 2 is 1.56 bits per heavy atom. The maximum atomic E-state index is 13.6. The Labute approximate surface area is 185 Å². The predicted molar refractivity (Wildman–Crippen MR) is 120 cm³/mol. The van der Waals surface area contributed by atoms with Crippen molar-refractivity contribution >= 4 is 60.8 Å². The molecule has 0 saturated heterocycles. The summed E-state index contributed by atoms with van der Waals surface area (Å²) in [6, 6.07) is 14.8. The highest BCUT2D eigenvalue weighted by molar-refractivity contribution is 7.92. The quantitative estimate of drug-likeness (QED) is 0.373. The van der Waals surface area contributed by atoms with Crippen LogP contribution in [0.1, 0.15) is 0 Å². The number of rotatable bonds is 5. The average molecular weight is 469 g/mol. The molecule has 0 spiro atoms. The first-order valence-electron chi connectivity index (χ1n) is 9.25. The highest BCUT2D eigenvalue weighted by Gasteiger charge is 2.20. The topological polar surface area (TPSA) is 96.9 Å². The van der Waals surface area contributed by atoms with Crippen LogP contribution in [0, 0.1) is 11.6 Å². The van der Waals surface area contributed by atoms with Crippen molar-refractivity contribution in [3.05, 3.63) is 77.7 Å². The number of nitrogens with one attached hydrogen (secondary N) is 2. The number of sulfonamides is 1. The van der Waals surface area contributed by atoms with Crippen molar-refractivity contribution in [2.24, 2.45) is 0 Å². The lowest BCUT2D eigenvalue weighted by atomic mass is 10.2. The summed E-state index contributed by atoms with van der Waals surface area (Å²) in [6.07, 6.45) is 0. The molecule has 11 heteroatoms. The van der Waals surface area contributed by atoms with Gasteiger partial charge in [-0.15, -0.1) is 0 Å². The van der Waals surface area contributed by atoms with Crippen LogP contribution in [-0.4, -0.2) is 22.8 Å². The number of para-hydroxylation sites is 2. The van der Waals surface area contributed by atoms with Crippen molar-refractivity contribution in [3.63, 3.8) is 0 Å². The minimum Gasteiger partial charge on any atom is -0.337 e. The summed E-state index contributed by atoms with van der Waals surface area (Å²) in [4.78, 5) is 8.44. The lowest BCUT2D eigenvalue weighted by molar-refractivity contribution is 0.504. The largest absolute Gasteiger partial charge is 0.337 e. The molecule has 0 atom stereocenters. The number of nitrogens with zero attached hydrogens (tertiary/aromatic N) is 3. The zero-order chi connectivity index (χ0) is 22.3. The van der Waals surface area contributed by atoms with Crippen LogP contribution in [0.3, 0.4) is 0 Å². The molecule has 0 aliphatic rings. The van der Waals surface area contributed by atoms with Gasteiger partial charge in [0.1, 0.15) is 0 Å². The minimum atomic E-state index is -4.27. The fourth-order valence-corrected chi connectivity index (χ4v) is 4.73. The lowest BCUT2D eigenvalue weighted by Crippen LogP contribution is -2.16. The predicted octanol–water partition coefficient (Wildman–Crippen LogP) is 5.06. The molecule has 0 amide bonds. The third-order valence-corrected chi connectivity index (χ3v) is 6.62. The second kappa shape index (κ2) is 7.77. The maximum Gasteiger partial charge on any atom is 0.263 e. The van der Waals surface area contributed by atoms with E-state index in [1.807, 2.05) is 17.5 Å². The summed E-state index contributed by atoms with van der Waals surface area (Å²) < 4.78 is 59.1. The highest BCUT2D eigenvalue weighted by atomic mass is 32.2. The van der Waals surface area contributed by atoms with Gasteiger partial charge in [-0.2, -0.15) is 4.37 Å². The molecule has 0 bridgehead atoms. The molecule has 0 radical (unpaired) electrons. The van der Waals surface area contributed by atoms with Crippen molar-refractivity contribution in [2.75, 3.05) is 10.0 Å². The van der Waals surface area contributed by atoms with Crippen LogP contribution < -0.4 is 10.0 Å². The number of hydrogen-bond acceptors (Lipinski definition) is 7. The number of benzene rings is 3. The number of hydrogen-bond donors (Lipinski definition) is 2. The normalized spacial score (nSPS) is 11.7. The van der Waals surface area contributed by atoms with Crippen LogP contribution in [0.2, 0.25) is 0 Å². The summed E-state index contributed by atoms with van der Waals surface area (Å²) in [6.45, 7) is 0. The minimum absolute atomic E-state index is 0.0861. The van der Waals surface area contributed by atoms with Gasteiger partial charge in [-0.3, -0.25) is 4.72 Å². The van der Waals surface area contributed by atoms with E-state index in [2.05, 4.69) is 24.4 Å². The van der Waals surface area contributed by atoms with E-state index in [-0.39, 0.29) is 11.6 Å². The Hall–Kier alpha value is -3.70. The van der Waals surface area contributed by atoms with E-state index in [0.717, 1.165) is 23.0 Å². The monoisotopic (exact) mass is 469 g/mol. The fourth-order valence-electron chi connectivity index (χ4n) is 3.08. The second-order valence-corrected chi connectivity index (χ2v) is 9.12. The molecule has 7 nitrogen and oxygen atoms in total. The summed E-state index contributed by atoms with van der Waals surface area (Å²) in [5.41, 5.74) is 2.49. The first kappa shape index (κ1) is 20.2.